The van der Waals surface area contributed by atoms with Crippen LogP contribution in [-0.2, 0) is 4.79 Å². The number of rotatable bonds is 7. The third-order valence-electron chi connectivity index (χ3n) is 5.60. The van der Waals surface area contributed by atoms with Crippen molar-refractivity contribution in [1.29, 1.82) is 5.41 Å². The summed E-state index contributed by atoms with van der Waals surface area (Å²) in [5.41, 5.74) is 2.35. The number of hydrogen-bond donors (Lipinski definition) is 2. The fourth-order valence-corrected chi connectivity index (χ4v) is 4.00. The van der Waals surface area contributed by atoms with E-state index in [0.29, 0.717) is 30.1 Å². The maximum absolute atomic E-state index is 12.7. The Labute approximate surface area is 198 Å². The van der Waals surface area contributed by atoms with Gasteiger partial charge < -0.3 is 20.4 Å². The van der Waals surface area contributed by atoms with Gasteiger partial charge in [-0.3, -0.25) is 9.59 Å². The normalized spacial score (nSPS) is 15.3. The molecule has 1 aromatic heterocycles. The second-order valence-corrected chi connectivity index (χ2v) is 8.89. The molecule has 0 radical (unpaired) electrons. The maximum Gasteiger partial charge on any atom is 0.227 e. The quantitative estimate of drug-likeness (QED) is 0.520. The van der Waals surface area contributed by atoms with Gasteiger partial charge in [-0.25, -0.2) is 4.68 Å². The van der Waals surface area contributed by atoms with Crippen molar-refractivity contribution >= 4 is 29.2 Å². The highest BCUT2D eigenvalue weighted by Gasteiger charge is 2.36. The summed E-state index contributed by atoms with van der Waals surface area (Å²) in [4.78, 5) is 27.0. The number of carbonyl (C=O) groups is 1. The first kappa shape index (κ1) is 23.0. The number of anilines is 2. The number of nitrogens with one attached hydrogen (secondary N) is 2. The van der Waals surface area contributed by atoms with Crippen LogP contribution in [0.15, 0.2) is 71.7 Å². The fourth-order valence-electron chi connectivity index (χ4n) is 4.00. The molecule has 0 unspecified atom stereocenters. The minimum Gasteiger partial charge on any atom is -0.494 e. The van der Waals surface area contributed by atoms with E-state index >= 15 is 0 Å². The third-order valence-corrected chi connectivity index (χ3v) is 5.60. The van der Waals surface area contributed by atoms with Crippen molar-refractivity contribution in [1.82, 2.24) is 9.78 Å². The van der Waals surface area contributed by atoms with Crippen molar-refractivity contribution in [3.05, 3.63) is 82.8 Å². The summed E-state index contributed by atoms with van der Waals surface area (Å²) in [6.07, 6.45) is 4.66. The van der Waals surface area contributed by atoms with E-state index < -0.39 is 0 Å². The van der Waals surface area contributed by atoms with E-state index in [-0.39, 0.29) is 22.4 Å². The monoisotopic (exact) mass is 457 g/mol. The molecule has 3 aromatic rings. The largest absolute Gasteiger partial charge is 0.494 e. The van der Waals surface area contributed by atoms with E-state index in [2.05, 4.69) is 24.3 Å². The Morgan fingerprint density at radius 2 is 1.91 bits per heavy atom. The average Bonchev–Trinajstić information content (AvgIpc) is 3.11. The molecule has 1 aliphatic rings. The molecule has 4 rings (SSSR count). The molecule has 8 nitrogen and oxygen atoms in total. The molecule has 174 valence electrons. The summed E-state index contributed by atoms with van der Waals surface area (Å²) in [6, 6.07) is 16.3. The first-order valence-corrected chi connectivity index (χ1v) is 10.9. The van der Waals surface area contributed by atoms with Crippen LogP contribution < -0.4 is 20.4 Å². The Morgan fingerprint density at radius 3 is 2.56 bits per heavy atom. The SMILES string of the molecule is COc1cc(N2CC(C)(C)CC2=O)ccc1-n1ccc(=O)c(/C(=C/C=N)Nc2ccccc2)n1. The van der Waals surface area contributed by atoms with Crippen LogP contribution in [0.2, 0.25) is 0 Å². The number of benzene rings is 2. The molecular formula is C26H27N5O3. The first-order chi connectivity index (χ1) is 16.3. The van der Waals surface area contributed by atoms with E-state index in [1.807, 2.05) is 48.5 Å². The molecule has 8 heteroatoms. The topological polar surface area (TPSA) is 100 Å². The van der Waals surface area contributed by atoms with E-state index in [4.69, 9.17) is 10.1 Å². The molecule has 2 aromatic carbocycles. The number of amides is 1. The zero-order valence-electron chi connectivity index (χ0n) is 19.4. The fraction of sp³-hybridized carbons (Fsp3) is 0.231. The van der Waals surface area contributed by atoms with Gasteiger partial charge in [-0.05, 0) is 35.8 Å². The van der Waals surface area contributed by atoms with Crippen molar-refractivity contribution in [2.75, 3.05) is 23.9 Å². The molecule has 34 heavy (non-hydrogen) atoms. The molecular weight excluding hydrogens is 430 g/mol. The van der Waals surface area contributed by atoms with Gasteiger partial charge in [0, 0.05) is 48.9 Å². The highest BCUT2D eigenvalue weighted by molar-refractivity contribution is 5.96. The van der Waals surface area contributed by atoms with E-state index in [0.717, 1.165) is 17.6 Å². The second-order valence-electron chi connectivity index (χ2n) is 8.89. The lowest BCUT2D eigenvalue weighted by atomic mass is 9.93. The zero-order chi connectivity index (χ0) is 24.3. The Bertz CT molecular complexity index is 1310. The Balaban J connectivity index is 1.72. The summed E-state index contributed by atoms with van der Waals surface area (Å²) in [6.45, 7) is 4.79. The highest BCUT2D eigenvalue weighted by atomic mass is 16.5. The van der Waals surface area contributed by atoms with Gasteiger partial charge in [0.25, 0.3) is 0 Å². The number of carbonyl (C=O) groups excluding carboxylic acids is 1. The van der Waals surface area contributed by atoms with Gasteiger partial charge in [-0.2, -0.15) is 5.10 Å². The number of methoxy groups -OCH3 is 1. The number of hydrogen-bond acceptors (Lipinski definition) is 6. The molecule has 1 saturated heterocycles. The van der Waals surface area contributed by atoms with Gasteiger partial charge in [-0.1, -0.05) is 32.0 Å². The van der Waals surface area contributed by atoms with Crippen LogP contribution in [0.3, 0.4) is 0 Å². The lowest BCUT2D eigenvalue weighted by molar-refractivity contribution is -0.117. The van der Waals surface area contributed by atoms with Crippen LogP contribution >= 0.6 is 0 Å². The van der Waals surface area contributed by atoms with Crippen LogP contribution in [-0.4, -0.2) is 35.6 Å². The summed E-state index contributed by atoms with van der Waals surface area (Å²) < 4.78 is 7.17. The smallest absolute Gasteiger partial charge is 0.227 e. The number of para-hydroxylation sites is 1. The zero-order valence-corrected chi connectivity index (χ0v) is 19.4. The molecule has 0 saturated carbocycles. The van der Waals surface area contributed by atoms with Crippen LogP contribution in [0.1, 0.15) is 26.0 Å². The Hall–Kier alpha value is -4.20. The van der Waals surface area contributed by atoms with Crippen molar-refractivity contribution in [2.24, 2.45) is 5.41 Å². The maximum atomic E-state index is 12.7. The predicted molar refractivity (Wildman–Crippen MR) is 134 cm³/mol. The number of allylic oxidation sites excluding steroid dienone is 1. The number of nitrogens with zero attached hydrogens (tertiary/aromatic N) is 3. The Kier molecular flexibility index (Phi) is 6.32. The van der Waals surface area contributed by atoms with Gasteiger partial charge in [0.2, 0.25) is 11.3 Å². The molecule has 2 N–H and O–H groups in total. The van der Waals surface area contributed by atoms with Crippen LogP contribution in [0.25, 0.3) is 11.4 Å². The van der Waals surface area contributed by atoms with Crippen LogP contribution in [0.4, 0.5) is 11.4 Å². The molecule has 0 spiro atoms. The molecule has 2 heterocycles. The first-order valence-electron chi connectivity index (χ1n) is 10.9. The van der Waals surface area contributed by atoms with E-state index in [1.54, 1.807) is 22.9 Å². The molecule has 0 atom stereocenters. The minimum atomic E-state index is -0.284. The van der Waals surface area contributed by atoms with Gasteiger partial charge >= 0.3 is 0 Å². The summed E-state index contributed by atoms with van der Waals surface area (Å²) in [5.74, 6) is 0.600. The summed E-state index contributed by atoms with van der Waals surface area (Å²) >= 11 is 0. The predicted octanol–water partition coefficient (Wildman–Crippen LogP) is 4.11. The standard InChI is InChI=1S/C26H27N5O3/c1-26(2)16-24(33)30(17-26)19-9-10-21(23(15-19)34-3)31-14-12-22(32)25(29-31)20(11-13-27)28-18-7-5-4-6-8-18/h4-15,27-28H,16-17H2,1-3H3/b20-11-,27-13?. The van der Waals surface area contributed by atoms with E-state index in [1.165, 1.54) is 12.1 Å². The van der Waals surface area contributed by atoms with Crippen LogP contribution in [0.5, 0.6) is 5.75 Å². The molecule has 1 aliphatic heterocycles. The van der Waals surface area contributed by atoms with Crippen molar-refractivity contribution in [3.8, 4) is 11.4 Å². The molecule has 0 bridgehead atoms. The molecule has 1 amide bonds. The number of aromatic nitrogens is 2. The average molecular weight is 458 g/mol. The summed E-state index contributed by atoms with van der Waals surface area (Å²) in [5, 5.41) is 15.2. The van der Waals surface area contributed by atoms with Gasteiger partial charge in [0.05, 0.1) is 12.8 Å². The Morgan fingerprint density at radius 1 is 1.15 bits per heavy atom. The van der Waals surface area contributed by atoms with Crippen molar-refractivity contribution in [2.45, 2.75) is 20.3 Å². The lowest BCUT2D eigenvalue weighted by Gasteiger charge is -2.21. The lowest BCUT2D eigenvalue weighted by Crippen LogP contribution is -2.26. The van der Waals surface area contributed by atoms with E-state index in [9.17, 15) is 9.59 Å². The molecule has 1 fully saturated rings. The van der Waals surface area contributed by atoms with Gasteiger partial charge in [-0.15, -0.1) is 0 Å². The van der Waals surface area contributed by atoms with Gasteiger partial charge in [0.1, 0.15) is 11.4 Å². The molecule has 0 aliphatic carbocycles. The third kappa shape index (κ3) is 4.76. The minimum absolute atomic E-state index is 0.0805. The second kappa shape index (κ2) is 9.35. The van der Waals surface area contributed by atoms with Gasteiger partial charge in [0.15, 0.2) is 5.69 Å². The van der Waals surface area contributed by atoms with Crippen molar-refractivity contribution < 1.29 is 9.53 Å². The number of ether oxygens (including phenoxy) is 1. The van der Waals surface area contributed by atoms with Crippen molar-refractivity contribution in [3.63, 3.8) is 0 Å². The summed E-state index contributed by atoms with van der Waals surface area (Å²) in [7, 11) is 1.55. The van der Waals surface area contributed by atoms with Crippen LogP contribution in [0, 0.1) is 10.8 Å². The highest BCUT2D eigenvalue weighted by Crippen LogP contribution is 2.36.